The second-order valence-corrected chi connectivity index (χ2v) is 8.79. The molecular formula is C18H19ClN4S2. The van der Waals surface area contributed by atoms with Crippen molar-refractivity contribution in [3.8, 4) is 5.69 Å². The highest BCUT2D eigenvalue weighted by Gasteiger charge is 2.19. The minimum atomic E-state index is 0.829. The van der Waals surface area contributed by atoms with Crippen molar-refractivity contribution in [2.24, 2.45) is 0 Å². The number of nitrogens with zero attached hydrogens (tertiary/aromatic N) is 4. The summed E-state index contributed by atoms with van der Waals surface area (Å²) in [6, 6.07) is 14.4. The molecule has 1 fully saturated rings. The molecule has 0 spiro atoms. The van der Waals surface area contributed by atoms with Crippen LogP contribution in [0.1, 0.15) is 23.5 Å². The van der Waals surface area contributed by atoms with Crippen LogP contribution < -0.4 is 0 Å². The standard InChI is InChI=1S/C18H19ClN4S2/c19-16-9-8-15(25-16)13-24-18-21-20-17(12-22-10-4-5-11-22)23(18)14-6-2-1-3-7-14/h1-3,6-9H,4-5,10-13H2. The molecule has 0 unspecified atom stereocenters. The monoisotopic (exact) mass is 390 g/mol. The van der Waals surface area contributed by atoms with Gasteiger partial charge < -0.3 is 0 Å². The van der Waals surface area contributed by atoms with Gasteiger partial charge in [0.25, 0.3) is 0 Å². The van der Waals surface area contributed by atoms with Crippen LogP contribution in [0.3, 0.4) is 0 Å². The molecule has 1 aromatic carbocycles. The number of hydrogen-bond donors (Lipinski definition) is 0. The van der Waals surface area contributed by atoms with E-state index in [2.05, 4.69) is 50.0 Å². The number of thioether (sulfide) groups is 1. The molecule has 0 radical (unpaired) electrons. The molecule has 1 aliphatic heterocycles. The minimum absolute atomic E-state index is 0.829. The molecule has 0 atom stereocenters. The van der Waals surface area contributed by atoms with Crippen LogP contribution in [-0.2, 0) is 12.3 Å². The topological polar surface area (TPSA) is 34.0 Å². The van der Waals surface area contributed by atoms with Crippen LogP contribution in [0.4, 0.5) is 0 Å². The SMILES string of the molecule is Clc1ccc(CSc2nnc(CN3CCCC3)n2-c2ccccc2)s1. The zero-order chi connectivity index (χ0) is 17.1. The normalized spacial score (nSPS) is 15.1. The Morgan fingerprint density at radius 3 is 2.56 bits per heavy atom. The highest BCUT2D eigenvalue weighted by atomic mass is 35.5. The first-order valence-electron chi connectivity index (χ1n) is 8.39. The van der Waals surface area contributed by atoms with E-state index in [0.29, 0.717) is 0 Å². The van der Waals surface area contributed by atoms with Crippen molar-refractivity contribution >= 4 is 34.7 Å². The molecular weight excluding hydrogens is 372 g/mol. The van der Waals surface area contributed by atoms with Gasteiger partial charge >= 0.3 is 0 Å². The van der Waals surface area contributed by atoms with E-state index in [0.717, 1.165) is 46.4 Å². The Balaban J connectivity index is 1.60. The van der Waals surface area contributed by atoms with Gasteiger partial charge in [-0.3, -0.25) is 9.47 Å². The summed E-state index contributed by atoms with van der Waals surface area (Å²) in [5.41, 5.74) is 1.12. The summed E-state index contributed by atoms with van der Waals surface area (Å²) in [6.07, 6.45) is 2.56. The van der Waals surface area contributed by atoms with Crippen LogP contribution >= 0.6 is 34.7 Å². The third-order valence-corrected chi connectivity index (χ3v) is 6.64. The van der Waals surface area contributed by atoms with Crippen LogP contribution in [0, 0.1) is 0 Å². The fraction of sp³-hybridized carbons (Fsp3) is 0.333. The molecule has 0 aliphatic carbocycles. The molecule has 0 saturated carbocycles. The summed E-state index contributed by atoms with van der Waals surface area (Å²) < 4.78 is 3.02. The average molecular weight is 391 g/mol. The third kappa shape index (κ3) is 4.08. The molecule has 0 N–H and O–H groups in total. The Hall–Kier alpha value is -1.34. The molecule has 130 valence electrons. The van der Waals surface area contributed by atoms with Gasteiger partial charge in [-0.2, -0.15) is 0 Å². The molecule has 3 heterocycles. The van der Waals surface area contributed by atoms with Crippen molar-refractivity contribution in [3.05, 3.63) is 57.5 Å². The summed E-state index contributed by atoms with van der Waals surface area (Å²) in [7, 11) is 0. The van der Waals surface area contributed by atoms with Gasteiger partial charge in [0.15, 0.2) is 11.0 Å². The predicted molar refractivity (Wildman–Crippen MR) is 105 cm³/mol. The average Bonchev–Trinajstić information content (AvgIpc) is 3.36. The maximum atomic E-state index is 6.04. The Labute approximate surface area is 160 Å². The Kier molecular flexibility index (Phi) is 5.41. The van der Waals surface area contributed by atoms with Crippen LogP contribution in [0.25, 0.3) is 5.69 Å². The summed E-state index contributed by atoms with van der Waals surface area (Å²) in [5, 5.41) is 9.91. The Bertz CT molecular complexity index is 825. The third-order valence-electron chi connectivity index (χ3n) is 4.25. The lowest BCUT2D eigenvalue weighted by atomic mass is 10.3. The number of benzene rings is 1. The molecule has 1 aliphatic rings. The highest BCUT2D eigenvalue weighted by Crippen LogP contribution is 2.30. The first-order valence-corrected chi connectivity index (χ1v) is 10.6. The zero-order valence-electron chi connectivity index (χ0n) is 13.8. The summed E-state index contributed by atoms with van der Waals surface area (Å²) in [6.45, 7) is 3.16. The molecule has 3 aromatic rings. The quantitative estimate of drug-likeness (QED) is 0.562. The second-order valence-electron chi connectivity index (χ2n) is 6.05. The number of rotatable bonds is 6. The van der Waals surface area contributed by atoms with Gasteiger partial charge in [-0.1, -0.05) is 41.6 Å². The van der Waals surface area contributed by atoms with Crippen LogP contribution in [0.5, 0.6) is 0 Å². The van der Waals surface area contributed by atoms with Crippen LogP contribution in [0.2, 0.25) is 4.34 Å². The summed E-state index contributed by atoms with van der Waals surface area (Å²) in [4.78, 5) is 3.70. The van der Waals surface area contributed by atoms with Crippen molar-refractivity contribution in [2.45, 2.75) is 30.3 Å². The lowest BCUT2D eigenvalue weighted by Crippen LogP contribution is -2.21. The minimum Gasteiger partial charge on any atom is -0.296 e. The number of thiophene rings is 1. The van der Waals surface area contributed by atoms with E-state index in [-0.39, 0.29) is 0 Å². The fourth-order valence-electron chi connectivity index (χ4n) is 3.04. The number of halogens is 1. The first kappa shape index (κ1) is 17.1. The fourth-order valence-corrected chi connectivity index (χ4v) is 5.14. The van der Waals surface area contributed by atoms with Gasteiger partial charge in [0.1, 0.15) is 0 Å². The molecule has 2 aromatic heterocycles. The molecule has 4 rings (SSSR count). The van der Waals surface area contributed by atoms with E-state index < -0.39 is 0 Å². The van der Waals surface area contributed by atoms with E-state index in [9.17, 15) is 0 Å². The number of hydrogen-bond acceptors (Lipinski definition) is 5. The van der Waals surface area contributed by atoms with E-state index in [1.165, 1.54) is 17.7 Å². The van der Waals surface area contributed by atoms with Gasteiger partial charge in [0, 0.05) is 16.3 Å². The van der Waals surface area contributed by atoms with E-state index in [1.54, 1.807) is 23.1 Å². The zero-order valence-corrected chi connectivity index (χ0v) is 16.2. The van der Waals surface area contributed by atoms with Gasteiger partial charge in [-0.25, -0.2) is 0 Å². The maximum absolute atomic E-state index is 6.04. The first-order chi connectivity index (χ1) is 12.3. The predicted octanol–water partition coefficient (Wildman–Crippen LogP) is 4.87. The maximum Gasteiger partial charge on any atom is 0.196 e. The molecule has 4 nitrogen and oxygen atoms in total. The lowest BCUT2D eigenvalue weighted by molar-refractivity contribution is 0.319. The summed E-state index contributed by atoms with van der Waals surface area (Å²) in [5.74, 6) is 1.87. The summed E-state index contributed by atoms with van der Waals surface area (Å²) >= 11 is 9.37. The molecule has 25 heavy (non-hydrogen) atoms. The van der Waals surface area contributed by atoms with Crippen molar-refractivity contribution in [1.82, 2.24) is 19.7 Å². The molecule has 7 heteroatoms. The van der Waals surface area contributed by atoms with Crippen LogP contribution in [-0.4, -0.2) is 32.8 Å². The molecule has 0 bridgehead atoms. The number of para-hydroxylation sites is 1. The van der Waals surface area contributed by atoms with Crippen molar-refractivity contribution < 1.29 is 0 Å². The van der Waals surface area contributed by atoms with E-state index in [1.807, 2.05) is 12.1 Å². The van der Waals surface area contributed by atoms with Gasteiger partial charge in [-0.15, -0.1) is 21.5 Å². The van der Waals surface area contributed by atoms with E-state index in [4.69, 9.17) is 11.6 Å². The molecule has 1 saturated heterocycles. The number of likely N-dealkylation sites (tertiary alicyclic amines) is 1. The van der Waals surface area contributed by atoms with E-state index >= 15 is 0 Å². The lowest BCUT2D eigenvalue weighted by Gasteiger charge is -2.15. The van der Waals surface area contributed by atoms with Crippen molar-refractivity contribution in [2.75, 3.05) is 13.1 Å². The van der Waals surface area contributed by atoms with Gasteiger partial charge in [0.2, 0.25) is 0 Å². The Morgan fingerprint density at radius 1 is 1.04 bits per heavy atom. The largest absolute Gasteiger partial charge is 0.296 e. The van der Waals surface area contributed by atoms with Gasteiger partial charge in [0.05, 0.1) is 10.9 Å². The Morgan fingerprint density at radius 2 is 1.84 bits per heavy atom. The van der Waals surface area contributed by atoms with Gasteiger partial charge in [-0.05, 0) is 50.2 Å². The van der Waals surface area contributed by atoms with Crippen molar-refractivity contribution in [1.29, 1.82) is 0 Å². The smallest absolute Gasteiger partial charge is 0.196 e. The molecule has 0 amide bonds. The van der Waals surface area contributed by atoms with Crippen LogP contribution in [0.15, 0.2) is 47.6 Å². The number of aromatic nitrogens is 3. The highest BCUT2D eigenvalue weighted by molar-refractivity contribution is 7.98. The second kappa shape index (κ2) is 7.91. The van der Waals surface area contributed by atoms with Crippen molar-refractivity contribution in [3.63, 3.8) is 0 Å².